The molecule has 0 aliphatic rings. The Morgan fingerprint density at radius 1 is 0.788 bits per heavy atom. The van der Waals surface area contributed by atoms with E-state index in [9.17, 15) is 15.0 Å². The number of carbonyl (C=O) groups is 1. The Morgan fingerprint density at radius 3 is 1.88 bits per heavy atom. The number of carboxylic acid groups (broad SMARTS) is 1. The number of aliphatic hydroxyl groups is 1. The van der Waals surface area contributed by atoms with Crippen molar-refractivity contribution in [1.29, 1.82) is 0 Å². The molecule has 0 saturated heterocycles. The third kappa shape index (κ3) is 15.2. The topological polar surface area (TPSA) is 66.8 Å². The molecule has 0 aromatic heterocycles. The molecule has 33 heavy (non-hydrogen) atoms. The van der Waals surface area contributed by atoms with Gasteiger partial charge in [-0.15, -0.1) is 0 Å². The Labute approximate surface area is 203 Å². The molecule has 0 aliphatic heterocycles. The van der Waals surface area contributed by atoms with Crippen LogP contribution in [0.4, 0.5) is 0 Å². The van der Waals surface area contributed by atoms with Gasteiger partial charge < -0.3 is 14.9 Å². The van der Waals surface area contributed by atoms with Crippen molar-refractivity contribution in [3.63, 3.8) is 0 Å². The summed E-state index contributed by atoms with van der Waals surface area (Å²) in [6.07, 6.45) is 16.4. The first-order valence-corrected chi connectivity index (χ1v) is 13.6. The van der Waals surface area contributed by atoms with E-state index in [0.29, 0.717) is 19.4 Å². The zero-order chi connectivity index (χ0) is 24.2. The van der Waals surface area contributed by atoms with Crippen LogP contribution in [0.15, 0.2) is 30.3 Å². The quantitative estimate of drug-likeness (QED) is 0.172. The second kappa shape index (κ2) is 20.0. The standard InChI is InChI=1S/C29H50O4/c1-3-5-7-9-10-11-12-13-17-21-26(33-24-25-19-15-14-16-20-25)23-28(30)27(29(31)32)22-18-8-6-4-2/h14-16,19-20,26-28,30H,3-13,17-18,21-24H2,1-2H3,(H,31,32)/t26-,27-,28+/m1/s1. The highest BCUT2D eigenvalue weighted by atomic mass is 16.5. The smallest absolute Gasteiger partial charge is 0.309 e. The number of unbranched alkanes of at least 4 members (excludes halogenated alkanes) is 11. The first-order chi connectivity index (χ1) is 16.1. The highest BCUT2D eigenvalue weighted by Crippen LogP contribution is 2.23. The highest BCUT2D eigenvalue weighted by molar-refractivity contribution is 5.70. The van der Waals surface area contributed by atoms with E-state index in [4.69, 9.17) is 4.74 Å². The maximum Gasteiger partial charge on any atom is 0.309 e. The molecule has 1 aromatic rings. The average Bonchev–Trinajstić information content (AvgIpc) is 2.81. The normalized spacial score (nSPS) is 14.2. The lowest BCUT2D eigenvalue weighted by atomic mass is 9.90. The molecule has 4 heteroatoms. The molecule has 0 saturated carbocycles. The minimum absolute atomic E-state index is 0.109. The molecule has 4 nitrogen and oxygen atoms in total. The van der Waals surface area contributed by atoms with Crippen LogP contribution in [0, 0.1) is 5.92 Å². The van der Waals surface area contributed by atoms with Crippen molar-refractivity contribution >= 4 is 5.97 Å². The molecule has 0 fully saturated rings. The molecule has 1 aromatic carbocycles. The third-order valence-corrected chi connectivity index (χ3v) is 6.61. The SMILES string of the molecule is CCCCCCCCCCC[C@H](C[C@H](O)[C@@H](CCCCCC)C(=O)O)OCc1ccccc1. The monoisotopic (exact) mass is 462 g/mol. The van der Waals surface area contributed by atoms with Gasteiger partial charge in [-0.3, -0.25) is 4.79 Å². The molecule has 0 aliphatic carbocycles. The van der Waals surface area contributed by atoms with E-state index in [1.807, 2.05) is 30.3 Å². The van der Waals surface area contributed by atoms with Crippen LogP contribution in [0.25, 0.3) is 0 Å². The fourth-order valence-corrected chi connectivity index (χ4v) is 4.45. The van der Waals surface area contributed by atoms with Gasteiger partial charge in [0.05, 0.1) is 24.7 Å². The van der Waals surface area contributed by atoms with Gasteiger partial charge in [0.15, 0.2) is 0 Å². The van der Waals surface area contributed by atoms with Gasteiger partial charge in [0, 0.05) is 6.42 Å². The Morgan fingerprint density at radius 2 is 1.30 bits per heavy atom. The van der Waals surface area contributed by atoms with Gasteiger partial charge in [-0.2, -0.15) is 0 Å². The van der Waals surface area contributed by atoms with Crippen molar-refractivity contribution in [3.8, 4) is 0 Å². The Bertz CT molecular complexity index is 574. The van der Waals surface area contributed by atoms with Crippen molar-refractivity contribution in [2.75, 3.05) is 0 Å². The molecule has 0 radical (unpaired) electrons. The maximum absolute atomic E-state index is 11.8. The second-order valence-corrected chi connectivity index (χ2v) is 9.63. The summed E-state index contributed by atoms with van der Waals surface area (Å²) in [6, 6.07) is 10.1. The van der Waals surface area contributed by atoms with E-state index >= 15 is 0 Å². The van der Waals surface area contributed by atoms with Gasteiger partial charge in [0.2, 0.25) is 0 Å². The van der Waals surface area contributed by atoms with Crippen molar-refractivity contribution in [1.82, 2.24) is 0 Å². The lowest BCUT2D eigenvalue weighted by Crippen LogP contribution is -2.32. The number of rotatable bonds is 22. The molecule has 1 rings (SSSR count). The molecule has 0 spiro atoms. The maximum atomic E-state index is 11.8. The van der Waals surface area contributed by atoms with Crippen molar-refractivity contribution in [2.24, 2.45) is 5.92 Å². The molecule has 0 unspecified atom stereocenters. The second-order valence-electron chi connectivity index (χ2n) is 9.63. The summed E-state index contributed by atoms with van der Waals surface area (Å²) in [5.74, 6) is -1.59. The summed E-state index contributed by atoms with van der Waals surface area (Å²) in [4.78, 5) is 11.8. The summed E-state index contributed by atoms with van der Waals surface area (Å²) in [5, 5.41) is 20.5. The molecule has 3 atom stereocenters. The molecule has 0 amide bonds. The zero-order valence-electron chi connectivity index (χ0n) is 21.4. The van der Waals surface area contributed by atoms with E-state index in [0.717, 1.165) is 44.1 Å². The Kier molecular flexibility index (Phi) is 18.0. The first-order valence-electron chi connectivity index (χ1n) is 13.6. The highest BCUT2D eigenvalue weighted by Gasteiger charge is 2.28. The molecule has 0 heterocycles. The Hall–Kier alpha value is -1.39. The largest absolute Gasteiger partial charge is 0.481 e. The fourth-order valence-electron chi connectivity index (χ4n) is 4.45. The lowest BCUT2D eigenvalue weighted by Gasteiger charge is -2.25. The Balaban J connectivity index is 2.49. The summed E-state index contributed by atoms with van der Waals surface area (Å²) in [7, 11) is 0. The van der Waals surface area contributed by atoms with Gasteiger partial charge in [0.25, 0.3) is 0 Å². The van der Waals surface area contributed by atoms with E-state index in [2.05, 4.69) is 13.8 Å². The van der Waals surface area contributed by atoms with Crippen LogP contribution in [0.1, 0.15) is 122 Å². The predicted octanol–water partition coefficient (Wildman–Crippen LogP) is 7.91. The van der Waals surface area contributed by atoms with Gasteiger partial charge in [-0.25, -0.2) is 0 Å². The van der Waals surface area contributed by atoms with Crippen molar-refractivity contribution < 1.29 is 19.7 Å². The summed E-state index contributed by atoms with van der Waals surface area (Å²) >= 11 is 0. The predicted molar refractivity (Wildman–Crippen MR) is 137 cm³/mol. The van der Waals surface area contributed by atoms with E-state index in [-0.39, 0.29) is 6.10 Å². The van der Waals surface area contributed by atoms with Crippen LogP contribution >= 0.6 is 0 Å². The number of aliphatic hydroxyl groups excluding tert-OH is 1. The lowest BCUT2D eigenvalue weighted by molar-refractivity contribution is -0.147. The van der Waals surface area contributed by atoms with E-state index in [1.165, 1.54) is 51.4 Å². The number of ether oxygens (including phenoxy) is 1. The van der Waals surface area contributed by atoms with Crippen LogP contribution in [-0.2, 0) is 16.1 Å². The molecular formula is C29H50O4. The summed E-state index contributed by atoms with van der Waals surface area (Å²) < 4.78 is 6.19. The van der Waals surface area contributed by atoms with E-state index in [1.54, 1.807) is 0 Å². The summed E-state index contributed by atoms with van der Waals surface area (Å²) in [6.45, 7) is 4.90. The number of hydrogen-bond donors (Lipinski definition) is 2. The van der Waals surface area contributed by atoms with Gasteiger partial charge >= 0.3 is 5.97 Å². The van der Waals surface area contributed by atoms with Gasteiger partial charge in [-0.1, -0.05) is 128 Å². The third-order valence-electron chi connectivity index (χ3n) is 6.61. The average molecular weight is 463 g/mol. The first kappa shape index (κ1) is 29.6. The minimum Gasteiger partial charge on any atom is -0.481 e. The number of hydrogen-bond acceptors (Lipinski definition) is 3. The van der Waals surface area contributed by atoms with E-state index < -0.39 is 18.0 Å². The minimum atomic E-state index is -0.885. The van der Waals surface area contributed by atoms with Crippen LogP contribution in [0.2, 0.25) is 0 Å². The van der Waals surface area contributed by atoms with Gasteiger partial charge in [0.1, 0.15) is 0 Å². The molecule has 190 valence electrons. The van der Waals surface area contributed by atoms with Crippen LogP contribution < -0.4 is 0 Å². The number of carboxylic acids is 1. The summed E-state index contributed by atoms with van der Waals surface area (Å²) in [5.41, 5.74) is 1.11. The van der Waals surface area contributed by atoms with Crippen LogP contribution in [-0.4, -0.2) is 28.4 Å². The number of aliphatic carboxylic acids is 1. The number of benzene rings is 1. The van der Waals surface area contributed by atoms with Crippen molar-refractivity contribution in [2.45, 2.75) is 135 Å². The molecule has 2 N–H and O–H groups in total. The molecular weight excluding hydrogens is 412 g/mol. The van der Waals surface area contributed by atoms with Crippen LogP contribution in [0.5, 0.6) is 0 Å². The zero-order valence-corrected chi connectivity index (χ0v) is 21.4. The van der Waals surface area contributed by atoms with Crippen molar-refractivity contribution in [3.05, 3.63) is 35.9 Å². The van der Waals surface area contributed by atoms with Gasteiger partial charge in [-0.05, 0) is 18.4 Å². The van der Waals surface area contributed by atoms with Crippen LogP contribution in [0.3, 0.4) is 0 Å². The molecule has 0 bridgehead atoms. The fraction of sp³-hybridized carbons (Fsp3) is 0.759.